The quantitative estimate of drug-likeness (QED) is 0.841. The molecule has 2 N–H and O–H groups in total. The van der Waals surface area contributed by atoms with Crippen LogP contribution < -0.4 is 10.6 Å². The molecular formula is C15H20N2OS. The van der Waals surface area contributed by atoms with E-state index in [2.05, 4.69) is 13.8 Å². The maximum absolute atomic E-state index is 12.6. The van der Waals surface area contributed by atoms with Crippen molar-refractivity contribution < 1.29 is 4.79 Å². The summed E-state index contributed by atoms with van der Waals surface area (Å²) in [6.45, 7) is 4.82. The number of nitrogens with two attached hydrogens (primary N) is 1. The summed E-state index contributed by atoms with van der Waals surface area (Å²) >= 11 is 4.92. The Morgan fingerprint density at radius 2 is 2.00 bits per heavy atom. The van der Waals surface area contributed by atoms with Crippen molar-refractivity contribution in [2.45, 2.75) is 26.7 Å². The summed E-state index contributed by atoms with van der Waals surface area (Å²) in [6, 6.07) is 9.73. The fourth-order valence-electron chi connectivity index (χ4n) is 2.27. The normalized spacial score (nSPS) is 19.8. The van der Waals surface area contributed by atoms with Crippen molar-refractivity contribution in [3.8, 4) is 0 Å². The molecule has 4 heteroatoms. The lowest BCUT2D eigenvalue weighted by atomic mass is 10.1. The van der Waals surface area contributed by atoms with Crippen LogP contribution in [0.1, 0.15) is 26.7 Å². The summed E-state index contributed by atoms with van der Waals surface area (Å²) in [5.41, 5.74) is 6.61. The maximum Gasteiger partial charge on any atom is 0.230 e. The summed E-state index contributed by atoms with van der Waals surface area (Å²) in [4.78, 5) is 14.8. The first-order valence-electron chi connectivity index (χ1n) is 6.56. The van der Waals surface area contributed by atoms with Gasteiger partial charge in [0.25, 0.3) is 0 Å². The predicted molar refractivity (Wildman–Crippen MR) is 82.1 cm³/mol. The van der Waals surface area contributed by atoms with Crippen molar-refractivity contribution in [3.05, 3.63) is 30.3 Å². The first-order chi connectivity index (χ1) is 8.92. The van der Waals surface area contributed by atoms with Crippen LogP contribution in [0.3, 0.4) is 0 Å². The van der Waals surface area contributed by atoms with E-state index < -0.39 is 0 Å². The van der Waals surface area contributed by atoms with Gasteiger partial charge in [0, 0.05) is 24.6 Å². The first kappa shape index (κ1) is 14.0. The van der Waals surface area contributed by atoms with Crippen molar-refractivity contribution in [3.63, 3.8) is 0 Å². The maximum atomic E-state index is 12.6. The molecule has 0 bridgehead atoms. The Bertz CT molecular complexity index is 484. The minimum atomic E-state index is 0.124. The molecule has 0 saturated heterocycles. The van der Waals surface area contributed by atoms with Gasteiger partial charge in [-0.2, -0.15) is 0 Å². The van der Waals surface area contributed by atoms with Gasteiger partial charge >= 0.3 is 0 Å². The number of nitrogens with zero attached hydrogens (tertiary/aromatic N) is 1. The van der Waals surface area contributed by atoms with E-state index in [4.69, 9.17) is 18.0 Å². The van der Waals surface area contributed by atoms with Gasteiger partial charge in [-0.3, -0.25) is 4.79 Å². The van der Waals surface area contributed by atoms with E-state index in [1.807, 2.05) is 35.2 Å². The molecule has 0 radical (unpaired) electrons. The molecule has 3 nitrogen and oxygen atoms in total. The Balaban J connectivity index is 2.15. The van der Waals surface area contributed by atoms with Gasteiger partial charge in [-0.25, -0.2) is 0 Å². The second kappa shape index (κ2) is 5.29. The van der Waals surface area contributed by atoms with Gasteiger partial charge in [0.05, 0.1) is 4.99 Å². The molecule has 1 amide bonds. The number of hydrogen-bond acceptors (Lipinski definition) is 2. The largest absolute Gasteiger partial charge is 0.393 e. The zero-order valence-corrected chi connectivity index (χ0v) is 12.2. The van der Waals surface area contributed by atoms with Crippen molar-refractivity contribution in [2.24, 2.45) is 17.1 Å². The molecule has 1 saturated carbocycles. The molecule has 2 rings (SSSR count). The number of rotatable bonds is 5. The van der Waals surface area contributed by atoms with Crippen LogP contribution >= 0.6 is 12.2 Å². The van der Waals surface area contributed by atoms with E-state index in [1.54, 1.807) is 0 Å². The summed E-state index contributed by atoms with van der Waals surface area (Å²) in [5.74, 6) is 0.312. The lowest BCUT2D eigenvalue weighted by molar-refractivity contribution is -0.120. The molecule has 0 spiro atoms. The van der Waals surface area contributed by atoms with Gasteiger partial charge in [0.15, 0.2) is 0 Å². The monoisotopic (exact) mass is 276 g/mol. The molecule has 1 atom stereocenters. The highest BCUT2D eigenvalue weighted by atomic mass is 32.1. The highest BCUT2D eigenvalue weighted by Crippen LogP contribution is 2.52. The third-order valence-electron chi connectivity index (χ3n) is 3.73. The van der Waals surface area contributed by atoms with Gasteiger partial charge in [-0.05, 0) is 24.0 Å². The van der Waals surface area contributed by atoms with Crippen LogP contribution in [0.4, 0.5) is 5.69 Å². The van der Waals surface area contributed by atoms with Gasteiger partial charge in [0.1, 0.15) is 0 Å². The van der Waals surface area contributed by atoms with E-state index >= 15 is 0 Å². The van der Waals surface area contributed by atoms with Crippen LogP contribution in [0.2, 0.25) is 0 Å². The molecule has 0 heterocycles. The Labute approximate surface area is 119 Å². The van der Waals surface area contributed by atoms with Crippen LogP contribution in [0.5, 0.6) is 0 Å². The third-order valence-corrected chi connectivity index (χ3v) is 3.93. The van der Waals surface area contributed by atoms with Crippen LogP contribution in [0.25, 0.3) is 0 Å². The Kier molecular flexibility index (Phi) is 3.90. The molecular weight excluding hydrogens is 256 g/mol. The zero-order valence-electron chi connectivity index (χ0n) is 11.4. The number of para-hydroxylation sites is 1. The predicted octanol–water partition coefficient (Wildman–Crippen LogP) is 2.74. The van der Waals surface area contributed by atoms with Crippen molar-refractivity contribution in [1.29, 1.82) is 0 Å². The number of carbonyl (C=O) groups is 1. The van der Waals surface area contributed by atoms with Gasteiger partial charge in [-0.1, -0.05) is 44.3 Å². The topological polar surface area (TPSA) is 46.3 Å². The molecule has 1 fully saturated rings. The molecule has 0 aromatic heterocycles. The second-order valence-electron chi connectivity index (χ2n) is 5.79. The lowest BCUT2D eigenvalue weighted by Gasteiger charge is -2.23. The SMILES string of the molecule is CC1(C)CC1C(=O)N(CCC(N)=S)c1ccccc1. The smallest absolute Gasteiger partial charge is 0.230 e. The third kappa shape index (κ3) is 3.32. The highest BCUT2D eigenvalue weighted by molar-refractivity contribution is 7.80. The molecule has 1 aliphatic rings. The minimum Gasteiger partial charge on any atom is -0.393 e. The van der Waals surface area contributed by atoms with Crippen LogP contribution in [-0.4, -0.2) is 17.4 Å². The highest BCUT2D eigenvalue weighted by Gasteiger charge is 2.52. The van der Waals surface area contributed by atoms with Gasteiger partial charge < -0.3 is 10.6 Å². The van der Waals surface area contributed by atoms with Crippen LogP contribution in [0.15, 0.2) is 30.3 Å². The average molecular weight is 276 g/mol. The van der Waals surface area contributed by atoms with Gasteiger partial charge in [0.2, 0.25) is 5.91 Å². The summed E-state index contributed by atoms with van der Waals surface area (Å²) in [7, 11) is 0. The van der Waals surface area contributed by atoms with Crippen molar-refractivity contribution in [2.75, 3.05) is 11.4 Å². The molecule has 0 aliphatic heterocycles. The fraction of sp³-hybridized carbons (Fsp3) is 0.467. The van der Waals surface area contributed by atoms with E-state index in [0.717, 1.165) is 12.1 Å². The summed E-state index contributed by atoms with van der Waals surface area (Å²) < 4.78 is 0. The van der Waals surface area contributed by atoms with Gasteiger partial charge in [-0.15, -0.1) is 0 Å². The number of carbonyl (C=O) groups excluding carboxylic acids is 1. The fourth-order valence-corrected chi connectivity index (χ4v) is 2.36. The number of thiocarbonyl (C=S) groups is 1. The van der Waals surface area contributed by atoms with Crippen LogP contribution in [0, 0.1) is 11.3 Å². The number of anilines is 1. The standard InChI is InChI=1S/C15H20N2OS/c1-15(2)10-12(15)14(18)17(9-8-13(16)19)11-6-4-3-5-7-11/h3-7,12H,8-10H2,1-2H3,(H2,16,19). The summed E-state index contributed by atoms with van der Waals surface area (Å²) in [5, 5.41) is 0. The molecule has 1 aliphatic carbocycles. The van der Waals surface area contributed by atoms with Crippen LogP contribution in [-0.2, 0) is 4.79 Å². The molecule has 1 aromatic carbocycles. The first-order valence-corrected chi connectivity index (χ1v) is 6.97. The molecule has 19 heavy (non-hydrogen) atoms. The molecule has 102 valence electrons. The van der Waals surface area contributed by atoms with E-state index in [0.29, 0.717) is 18.0 Å². The minimum absolute atomic E-state index is 0.124. The van der Waals surface area contributed by atoms with E-state index in [1.165, 1.54) is 0 Å². The Morgan fingerprint density at radius 1 is 1.42 bits per heavy atom. The number of benzene rings is 1. The molecule has 1 aromatic rings. The van der Waals surface area contributed by atoms with Crippen molar-refractivity contribution >= 4 is 28.8 Å². The van der Waals surface area contributed by atoms with E-state index in [9.17, 15) is 4.79 Å². The Hall–Kier alpha value is -1.42. The number of hydrogen-bond donors (Lipinski definition) is 1. The second-order valence-corrected chi connectivity index (χ2v) is 6.31. The average Bonchev–Trinajstić information content (AvgIpc) is 2.99. The van der Waals surface area contributed by atoms with Crippen molar-refractivity contribution in [1.82, 2.24) is 0 Å². The number of amides is 1. The molecule has 1 unspecified atom stereocenters. The zero-order chi connectivity index (χ0) is 14.0. The Morgan fingerprint density at radius 3 is 2.47 bits per heavy atom. The lowest BCUT2D eigenvalue weighted by Crippen LogP contribution is -2.35. The van der Waals surface area contributed by atoms with E-state index in [-0.39, 0.29) is 17.2 Å². The summed E-state index contributed by atoms with van der Waals surface area (Å²) in [6.07, 6.45) is 1.52.